The Morgan fingerprint density at radius 2 is 1.58 bits per heavy atom. The first-order chi connectivity index (χ1) is 20.1. The van der Waals surface area contributed by atoms with Gasteiger partial charge in [-0.25, -0.2) is 0 Å². The second kappa shape index (κ2) is 18.8. The molecule has 3 aliphatic carbocycles. The van der Waals surface area contributed by atoms with Gasteiger partial charge in [0.2, 0.25) is 0 Å². The molecule has 3 fully saturated rings. The van der Waals surface area contributed by atoms with Gasteiger partial charge in [-0.3, -0.25) is 0 Å². The predicted octanol–water partition coefficient (Wildman–Crippen LogP) is 11.5. The monoisotopic (exact) mass is 629 g/mol. The van der Waals surface area contributed by atoms with Crippen LogP contribution in [0.3, 0.4) is 0 Å². The van der Waals surface area contributed by atoms with Crippen LogP contribution < -0.4 is 0 Å². The molecule has 3 saturated carbocycles. The fraction of sp³-hybridized carbons (Fsp3) is 0.786. The summed E-state index contributed by atoms with van der Waals surface area (Å²) in [5.41, 5.74) is 4.47. The molecule has 3 heteroatoms. The number of carbonyl (C=O) groups is 1. The van der Waals surface area contributed by atoms with Crippen LogP contribution in [0.25, 0.3) is 0 Å². The zero-order valence-corrected chi connectivity index (χ0v) is 30.5. The second-order valence-electron chi connectivity index (χ2n) is 15.8. The van der Waals surface area contributed by atoms with Gasteiger partial charge in [0.25, 0.3) is 0 Å². The number of rotatable bonds is 17. The lowest BCUT2D eigenvalue weighted by Crippen LogP contribution is -2.33. The molecule has 7 atom stereocenters. The Hall–Kier alpha value is -1.45. The summed E-state index contributed by atoms with van der Waals surface area (Å²) in [6, 6.07) is 0. The molecule has 3 aliphatic rings. The molecular formula is C42H76O3. The summed E-state index contributed by atoms with van der Waals surface area (Å²) in [5.74, 6) is 4.61. The summed E-state index contributed by atoms with van der Waals surface area (Å²) < 4.78 is 0. The van der Waals surface area contributed by atoms with Gasteiger partial charge >= 0.3 is 0 Å². The van der Waals surface area contributed by atoms with Crippen molar-refractivity contribution in [1.82, 2.24) is 0 Å². The molecule has 0 saturated heterocycles. The van der Waals surface area contributed by atoms with E-state index in [2.05, 4.69) is 47.8 Å². The number of aliphatic hydroxyl groups is 1. The van der Waals surface area contributed by atoms with Crippen molar-refractivity contribution in [2.75, 3.05) is 0 Å². The topological polar surface area (TPSA) is 68.8 Å². The lowest BCUT2D eigenvalue weighted by Gasteiger charge is -2.39. The van der Waals surface area contributed by atoms with Gasteiger partial charge in [-0.15, -0.1) is 0 Å². The quantitative estimate of drug-likeness (QED) is 0.163. The van der Waals surface area contributed by atoms with Crippen molar-refractivity contribution in [2.45, 2.75) is 159 Å². The Morgan fingerprint density at radius 1 is 1.00 bits per heavy atom. The minimum Gasteiger partial charge on any atom is -0.412 e. The van der Waals surface area contributed by atoms with E-state index >= 15 is 0 Å². The lowest BCUT2D eigenvalue weighted by molar-refractivity contribution is -0.118. The molecule has 0 aromatic rings. The SMILES string of the molecule is C.C=C(CC(C)C)CC(C(=C)C1CC2C(C1C(=C)CC(CCC)C(=C)C(C)(O)CCC(C)=O)C2(C)C)C1CCCCC1.CC.O. The van der Waals surface area contributed by atoms with Crippen molar-refractivity contribution < 1.29 is 15.4 Å². The van der Waals surface area contributed by atoms with Crippen LogP contribution in [0.1, 0.15) is 153 Å². The maximum Gasteiger partial charge on any atom is 0.129 e. The molecule has 0 radical (unpaired) electrons. The third-order valence-corrected chi connectivity index (χ3v) is 11.6. The number of fused-ring (bicyclic) bond motifs is 1. The van der Waals surface area contributed by atoms with Crippen LogP contribution in [-0.2, 0) is 4.79 Å². The molecule has 262 valence electrons. The Balaban J connectivity index is 0.00000474. The maximum atomic E-state index is 11.7. The fourth-order valence-electron chi connectivity index (χ4n) is 9.14. The molecule has 0 aromatic carbocycles. The predicted molar refractivity (Wildman–Crippen MR) is 198 cm³/mol. The molecule has 0 bridgehead atoms. The first kappa shape index (κ1) is 43.5. The van der Waals surface area contributed by atoms with E-state index in [1.807, 2.05) is 20.8 Å². The van der Waals surface area contributed by atoms with Crippen molar-refractivity contribution in [3.8, 4) is 0 Å². The average Bonchev–Trinajstić information content (AvgIpc) is 3.27. The van der Waals surface area contributed by atoms with Crippen LogP contribution >= 0.6 is 0 Å². The van der Waals surface area contributed by atoms with Crippen LogP contribution in [0.4, 0.5) is 0 Å². The van der Waals surface area contributed by atoms with Gasteiger partial charge < -0.3 is 15.4 Å². The molecular weight excluding hydrogens is 552 g/mol. The highest BCUT2D eigenvalue weighted by Gasteiger charge is 2.67. The lowest BCUT2D eigenvalue weighted by atomic mass is 9.66. The zero-order valence-electron chi connectivity index (χ0n) is 30.5. The Kier molecular flexibility index (Phi) is 18.2. The van der Waals surface area contributed by atoms with Gasteiger partial charge in [-0.05, 0) is 124 Å². The molecule has 3 rings (SSSR count). The third kappa shape index (κ3) is 11.1. The number of carbonyl (C=O) groups excluding carboxylic acids is 1. The minimum absolute atomic E-state index is 0. The van der Waals surface area contributed by atoms with Gasteiger partial charge in [0.15, 0.2) is 0 Å². The fourth-order valence-corrected chi connectivity index (χ4v) is 9.14. The highest BCUT2D eigenvalue weighted by molar-refractivity contribution is 5.75. The Labute approximate surface area is 280 Å². The van der Waals surface area contributed by atoms with Crippen LogP contribution in [0.5, 0.6) is 0 Å². The summed E-state index contributed by atoms with van der Waals surface area (Å²) in [6.45, 7) is 37.9. The summed E-state index contributed by atoms with van der Waals surface area (Å²) in [4.78, 5) is 11.7. The standard InChI is InChI=1S/C39H64O2.C2H6.CH4.H2O/c1-12-16-32(30(8)39(11,41)20-19-28(6)40)23-27(5)36-34(24-35-37(36)38(35,9)10)29(7)33(22-26(4)21-25(2)3)31-17-14-13-15-18-31;1-2;;/h25,31-37,41H,4-5,7-8,12-24H2,1-3,6,9-11H3;1-2H3;1H4;1H2. The van der Waals surface area contributed by atoms with E-state index in [4.69, 9.17) is 13.2 Å². The average molecular weight is 629 g/mol. The molecule has 45 heavy (non-hydrogen) atoms. The van der Waals surface area contributed by atoms with E-state index in [-0.39, 0.29) is 24.6 Å². The number of Topliss-reactive ketones (excluding diaryl/α,β-unsaturated/α-hetero) is 1. The van der Waals surface area contributed by atoms with E-state index in [0.29, 0.717) is 47.8 Å². The minimum atomic E-state index is -1.03. The van der Waals surface area contributed by atoms with Gasteiger partial charge in [0.1, 0.15) is 5.78 Å². The van der Waals surface area contributed by atoms with Crippen LogP contribution in [0.15, 0.2) is 48.6 Å². The first-order valence-electron chi connectivity index (χ1n) is 18.1. The van der Waals surface area contributed by atoms with Crippen molar-refractivity contribution >= 4 is 5.78 Å². The summed E-state index contributed by atoms with van der Waals surface area (Å²) in [6.07, 6.45) is 14.0. The van der Waals surface area contributed by atoms with Crippen LogP contribution in [0.2, 0.25) is 0 Å². The molecule has 0 aromatic heterocycles. The third-order valence-electron chi connectivity index (χ3n) is 11.6. The van der Waals surface area contributed by atoms with Gasteiger partial charge in [0, 0.05) is 6.42 Å². The normalized spacial score (nSPS) is 26.0. The molecule has 0 spiro atoms. The molecule has 0 heterocycles. The summed E-state index contributed by atoms with van der Waals surface area (Å²) in [7, 11) is 0. The van der Waals surface area contributed by atoms with Gasteiger partial charge in [-0.1, -0.05) is 125 Å². The van der Waals surface area contributed by atoms with Gasteiger partial charge in [-0.2, -0.15) is 0 Å². The number of hydrogen-bond acceptors (Lipinski definition) is 2. The molecule has 0 amide bonds. The van der Waals surface area contributed by atoms with E-state index in [1.165, 1.54) is 55.2 Å². The van der Waals surface area contributed by atoms with E-state index < -0.39 is 5.60 Å². The number of allylic oxidation sites excluding steroid dienone is 3. The molecule has 7 unspecified atom stereocenters. The molecule has 3 nitrogen and oxygen atoms in total. The first-order valence-corrected chi connectivity index (χ1v) is 18.1. The zero-order chi connectivity index (χ0) is 32.7. The van der Waals surface area contributed by atoms with E-state index in [9.17, 15) is 9.90 Å². The smallest absolute Gasteiger partial charge is 0.129 e. The summed E-state index contributed by atoms with van der Waals surface area (Å²) in [5, 5.41) is 11.4. The van der Waals surface area contributed by atoms with Gasteiger partial charge in [0.05, 0.1) is 5.60 Å². The Bertz CT molecular complexity index is 976. The van der Waals surface area contributed by atoms with E-state index in [1.54, 1.807) is 6.92 Å². The summed E-state index contributed by atoms with van der Waals surface area (Å²) >= 11 is 0. The largest absolute Gasteiger partial charge is 0.412 e. The van der Waals surface area contributed by atoms with Crippen molar-refractivity contribution in [1.29, 1.82) is 0 Å². The van der Waals surface area contributed by atoms with E-state index in [0.717, 1.165) is 49.5 Å². The molecule has 3 N–H and O–H groups in total. The Morgan fingerprint density at radius 3 is 2.09 bits per heavy atom. The number of ketones is 1. The van der Waals surface area contributed by atoms with Crippen molar-refractivity contribution in [3.63, 3.8) is 0 Å². The van der Waals surface area contributed by atoms with Crippen LogP contribution in [0, 0.1) is 52.8 Å². The van der Waals surface area contributed by atoms with Crippen molar-refractivity contribution in [3.05, 3.63) is 48.6 Å². The van der Waals surface area contributed by atoms with Crippen LogP contribution in [-0.4, -0.2) is 22.0 Å². The maximum absolute atomic E-state index is 11.7. The molecule has 0 aliphatic heterocycles. The second-order valence-corrected chi connectivity index (χ2v) is 15.8. The number of hydrogen-bond donors (Lipinski definition) is 1. The van der Waals surface area contributed by atoms with Crippen molar-refractivity contribution in [2.24, 2.45) is 52.8 Å². The highest BCUT2D eigenvalue weighted by Crippen LogP contribution is 2.73. The highest BCUT2D eigenvalue weighted by atomic mass is 16.3.